The Labute approximate surface area is 150 Å². The first-order valence-corrected chi connectivity index (χ1v) is 8.66. The Morgan fingerprint density at radius 3 is 1.96 bits per heavy atom. The molecule has 3 N–H and O–H groups in total. The summed E-state index contributed by atoms with van der Waals surface area (Å²) in [5.41, 5.74) is 1.54. The zero-order valence-corrected chi connectivity index (χ0v) is 15.7. The van der Waals surface area contributed by atoms with Crippen LogP contribution in [0.4, 0.5) is 0 Å². The van der Waals surface area contributed by atoms with Crippen LogP contribution in [0.1, 0.15) is 43.2 Å². The van der Waals surface area contributed by atoms with Crippen molar-refractivity contribution in [1.29, 1.82) is 0 Å². The molecular formula is C18H25BrO5. The third-order valence-electron chi connectivity index (χ3n) is 4.15. The Hall–Kier alpha value is -1.08. The number of hydrogen-bond acceptors (Lipinski definition) is 5. The fraction of sp³-hybridized carbons (Fsp3) is 0.556. The average molecular weight is 401 g/mol. The number of aryl methyl sites for hydroxylation is 1. The molecule has 1 aliphatic carbocycles. The third kappa shape index (κ3) is 6.09. The molecule has 0 atom stereocenters. The largest absolute Gasteiger partial charge is 0.396 e. The molecule has 0 saturated heterocycles. The molecule has 2 rings (SSSR count). The summed E-state index contributed by atoms with van der Waals surface area (Å²) in [6.45, 7) is 3.08. The van der Waals surface area contributed by atoms with Crippen LogP contribution >= 0.6 is 15.9 Å². The van der Waals surface area contributed by atoms with Gasteiger partial charge in [0.2, 0.25) is 0 Å². The van der Waals surface area contributed by atoms with Gasteiger partial charge in [0.25, 0.3) is 0 Å². The van der Waals surface area contributed by atoms with E-state index in [2.05, 4.69) is 15.9 Å². The topological polar surface area (TPSA) is 94.8 Å². The smallest absolute Gasteiger partial charge is 0.140 e. The maximum absolute atomic E-state index is 11.4. The molecule has 1 aliphatic rings. The van der Waals surface area contributed by atoms with E-state index in [-0.39, 0.29) is 43.7 Å². The molecule has 0 heterocycles. The normalized spacial score (nSPS) is 15.9. The monoisotopic (exact) mass is 400 g/mol. The molecule has 1 aromatic rings. The van der Waals surface area contributed by atoms with Crippen LogP contribution < -0.4 is 0 Å². The summed E-state index contributed by atoms with van der Waals surface area (Å²) in [4.78, 5) is 22.8. The second kappa shape index (κ2) is 9.42. The van der Waals surface area contributed by atoms with Crippen LogP contribution in [0.15, 0.2) is 22.7 Å². The summed E-state index contributed by atoms with van der Waals surface area (Å²) in [6.07, 6.45) is 1.13. The van der Waals surface area contributed by atoms with E-state index in [0.29, 0.717) is 12.8 Å². The van der Waals surface area contributed by atoms with E-state index >= 15 is 0 Å². The van der Waals surface area contributed by atoms with E-state index in [9.17, 15) is 9.59 Å². The summed E-state index contributed by atoms with van der Waals surface area (Å²) in [5, 5.41) is 25.4. The first kappa shape index (κ1) is 21.0. The average Bonchev–Trinajstić information content (AvgIpc) is 2.56. The van der Waals surface area contributed by atoms with Crippen LogP contribution in [0.5, 0.6) is 0 Å². The molecule has 0 amide bonds. The van der Waals surface area contributed by atoms with E-state index in [1.165, 1.54) is 0 Å². The first-order chi connectivity index (χ1) is 11.2. The second-order valence-electron chi connectivity index (χ2n) is 6.65. The van der Waals surface area contributed by atoms with Gasteiger partial charge in [-0.05, 0) is 30.0 Å². The molecule has 134 valence electrons. The molecule has 5 nitrogen and oxygen atoms in total. The number of hydrogen-bond donors (Lipinski definition) is 3. The maximum Gasteiger partial charge on any atom is 0.140 e. The van der Waals surface area contributed by atoms with Crippen molar-refractivity contribution in [2.45, 2.75) is 39.0 Å². The number of carbonyl (C=O) groups excluding carboxylic acids is 2. The van der Waals surface area contributed by atoms with Crippen molar-refractivity contribution in [3.63, 3.8) is 0 Å². The molecule has 0 radical (unpaired) electrons. The molecule has 1 fully saturated rings. The molecule has 1 saturated carbocycles. The molecule has 0 spiro atoms. The van der Waals surface area contributed by atoms with Crippen LogP contribution in [-0.4, -0.2) is 46.7 Å². The minimum Gasteiger partial charge on any atom is -0.396 e. The lowest BCUT2D eigenvalue weighted by Gasteiger charge is -2.20. The van der Waals surface area contributed by atoms with Gasteiger partial charge in [-0.25, -0.2) is 0 Å². The Morgan fingerprint density at radius 2 is 1.58 bits per heavy atom. The number of benzene rings is 1. The number of aliphatic hydroxyl groups is 3. The van der Waals surface area contributed by atoms with Gasteiger partial charge in [0.15, 0.2) is 0 Å². The Kier molecular flexibility index (Phi) is 8.22. The molecule has 0 aliphatic heterocycles. The molecule has 0 aromatic heterocycles. The van der Waals surface area contributed by atoms with Gasteiger partial charge >= 0.3 is 0 Å². The summed E-state index contributed by atoms with van der Waals surface area (Å²) in [7, 11) is 0. The van der Waals surface area contributed by atoms with Crippen LogP contribution in [0.2, 0.25) is 0 Å². The fourth-order valence-electron chi connectivity index (χ4n) is 2.23. The second-order valence-corrected chi connectivity index (χ2v) is 7.51. The van der Waals surface area contributed by atoms with Crippen LogP contribution in [0, 0.1) is 12.3 Å². The van der Waals surface area contributed by atoms with Gasteiger partial charge in [0, 0.05) is 22.7 Å². The van der Waals surface area contributed by atoms with Gasteiger partial charge in [0.05, 0.1) is 26.2 Å². The minimum atomic E-state index is -0.708. The number of rotatable bonds is 4. The molecule has 0 unspecified atom stereocenters. The lowest BCUT2D eigenvalue weighted by atomic mass is 9.82. The van der Waals surface area contributed by atoms with E-state index in [4.69, 9.17) is 15.3 Å². The van der Waals surface area contributed by atoms with Crippen LogP contribution in [0.25, 0.3) is 0 Å². The van der Waals surface area contributed by atoms with E-state index in [1.807, 2.05) is 25.1 Å². The van der Waals surface area contributed by atoms with Gasteiger partial charge in [-0.15, -0.1) is 0 Å². The predicted molar refractivity (Wildman–Crippen MR) is 94.8 cm³/mol. The third-order valence-corrected chi connectivity index (χ3v) is 5.01. The molecule has 0 bridgehead atoms. The number of Topliss-reactive ketones (excluding diaryl/α,β-unsaturated/α-hetero) is 2. The summed E-state index contributed by atoms with van der Waals surface area (Å²) < 4.78 is 1.04. The maximum atomic E-state index is 11.4. The quantitative estimate of drug-likeness (QED) is 0.672. The highest BCUT2D eigenvalue weighted by Crippen LogP contribution is 2.31. The molecular weight excluding hydrogens is 376 g/mol. The lowest BCUT2D eigenvalue weighted by Crippen LogP contribution is -2.29. The predicted octanol–water partition coefficient (Wildman–Crippen LogP) is 2.13. The SMILES string of the molecule is CC(CO)(CO)CO.Cc1ccc(C2CC(=O)CC(=O)C2)cc1Br. The standard InChI is InChI=1S/C13H13BrO2.C5H12O3/c1-8-2-3-9(6-13(8)14)10-4-11(15)7-12(16)5-10;1-5(2-6,3-7)4-8/h2-3,6,10H,4-5,7H2,1H3;6-8H,2-4H2,1H3. The van der Waals surface area contributed by atoms with Crippen molar-refractivity contribution in [2.24, 2.45) is 5.41 Å². The number of carbonyl (C=O) groups is 2. The van der Waals surface area contributed by atoms with Gasteiger partial charge < -0.3 is 15.3 Å². The fourth-order valence-corrected chi connectivity index (χ4v) is 2.63. The number of ketones is 2. The summed E-state index contributed by atoms with van der Waals surface area (Å²) >= 11 is 3.47. The summed E-state index contributed by atoms with van der Waals surface area (Å²) in [6, 6.07) is 6.05. The van der Waals surface area contributed by atoms with Crippen molar-refractivity contribution >= 4 is 27.5 Å². The summed E-state index contributed by atoms with van der Waals surface area (Å²) in [5.74, 6) is 0.210. The number of halogens is 1. The highest BCUT2D eigenvalue weighted by atomic mass is 79.9. The van der Waals surface area contributed by atoms with Crippen LogP contribution in [-0.2, 0) is 9.59 Å². The zero-order chi connectivity index (χ0) is 18.3. The Morgan fingerprint density at radius 1 is 1.08 bits per heavy atom. The van der Waals surface area contributed by atoms with Gasteiger partial charge in [0.1, 0.15) is 11.6 Å². The highest BCUT2D eigenvalue weighted by Gasteiger charge is 2.26. The van der Waals surface area contributed by atoms with Crippen molar-refractivity contribution in [3.8, 4) is 0 Å². The minimum absolute atomic E-state index is 0.0675. The molecule has 6 heteroatoms. The Balaban J connectivity index is 0.000000307. The lowest BCUT2D eigenvalue weighted by molar-refractivity contribution is -0.130. The van der Waals surface area contributed by atoms with E-state index in [0.717, 1.165) is 15.6 Å². The van der Waals surface area contributed by atoms with E-state index in [1.54, 1.807) is 6.92 Å². The van der Waals surface area contributed by atoms with Crippen molar-refractivity contribution < 1.29 is 24.9 Å². The van der Waals surface area contributed by atoms with Gasteiger partial charge in [-0.1, -0.05) is 35.0 Å². The molecule has 24 heavy (non-hydrogen) atoms. The number of aliphatic hydroxyl groups excluding tert-OH is 3. The Bertz CT molecular complexity index is 557. The highest BCUT2D eigenvalue weighted by molar-refractivity contribution is 9.10. The zero-order valence-electron chi connectivity index (χ0n) is 14.1. The molecule has 1 aromatic carbocycles. The first-order valence-electron chi connectivity index (χ1n) is 7.86. The van der Waals surface area contributed by atoms with Crippen LogP contribution in [0.3, 0.4) is 0 Å². The van der Waals surface area contributed by atoms with Gasteiger partial charge in [-0.2, -0.15) is 0 Å². The van der Waals surface area contributed by atoms with Crippen molar-refractivity contribution in [2.75, 3.05) is 19.8 Å². The van der Waals surface area contributed by atoms with E-state index < -0.39 is 5.41 Å². The van der Waals surface area contributed by atoms with Gasteiger partial charge in [-0.3, -0.25) is 9.59 Å². The van der Waals surface area contributed by atoms with Crippen molar-refractivity contribution in [1.82, 2.24) is 0 Å². The van der Waals surface area contributed by atoms with Crippen molar-refractivity contribution in [3.05, 3.63) is 33.8 Å².